The standard InChI is InChI=1S/C17H19NO3S/c19-16(14-9-4-5-10(8-9)15(14)17(20)21)18-12-2-1-3-13-11(12)6-7-22-13/h4-7,9-10,12,14-15H,1-3,8H2,(H,18,19)(H,20,21). The van der Waals surface area contributed by atoms with Crippen molar-refractivity contribution >= 4 is 23.2 Å². The van der Waals surface area contributed by atoms with Gasteiger partial charge in [0.25, 0.3) is 0 Å². The van der Waals surface area contributed by atoms with E-state index in [0.29, 0.717) is 0 Å². The van der Waals surface area contributed by atoms with Crippen LogP contribution in [0.15, 0.2) is 23.6 Å². The molecule has 1 aromatic rings. The number of amides is 1. The Balaban J connectivity index is 1.54. The van der Waals surface area contributed by atoms with E-state index in [0.717, 1.165) is 25.7 Å². The maximum absolute atomic E-state index is 12.7. The molecule has 2 N–H and O–H groups in total. The molecular formula is C17H19NO3S. The van der Waals surface area contributed by atoms with Crippen LogP contribution in [0.4, 0.5) is 0 Å². The van der Waals surface area contributed by atoms with Crippen LogP contribution in [0.1, 0.15) is 35.7 Å². The van der Waals surface area contributed by atoms with Crippen molar-refractivity contribution in [1.82, 2.24) is 5.32 Å². The highest BCUT2D eigenvalue weighted by Crippen LogP contribution is 2.48. The van der Waals surface area contributed by atoms with Gasteiger partial charge in [0.15, 0.2) is 0 Å². The number of thiophene rings is 1. The van der Waals surface area contributed by atoms with E-state index in [1.165, 1.54) is 10.4 Å². The van der Waals surface area contributed by atoms with Gasteiger partial charge in [0, 0.05) is 4.88 Å². The highest BCUT2D eigenvalue weighted by atomic mass is 32.1. The summed E-state index contributed by atoms with van der Waals surface area (Å²) < 4.78 is 0. The molecule has 0 radical (unpaired) electrons. The highest BCUT2D eigenvalue weighted by Gasteiger charge is 2.51. The third-order valence-electron chi connectivity index (χ3n) is 5.42. The van der Waals surface area contributed by atoms with Gasteiger partial charge in [-0.25, -0.2) is 0 Å². The summed E-state index contributed by atoms with van der Waals surface area (Å²) in [5, 5.41) is 14.7. The smallest absolute Gasteiger partial charge is 0.307 e. The Bertz CT molecular complexity index is 650. The number of fused-ring (bicyclic) bond motifs is 3. The van der Waals surface area contributed by atoms with Crippen molar-refractivity contribution in [3.63, 3.8) is 0 Å². The molecule has 0 saturated heterocycles. The number of carbonyl (C=O) groups is 2. The Labute approximate surface area is 133 Å². The lowest BCUT2D eigenvalue weighted by atomic mass is 9.82. The number of aliphatic carboxylic acids is 1. The lowest BCUT2D eigenvalue weighted by Gasteiger charge is -2.29. The first-order valence-electron chi connectivity index (χ1n) is 7.93. The van der Waals surface area contributed by atoms with Crippen LogP contribution in [0.5, 0.6) is 0 Å². The van der Waals surface area contributed by atoms with Crippen molar-refractivity contribution in [2.24, 2.45) is 23.7 Å². The van der Waals surface area contributed by atoms with Crippen molar-refractivity contribution in [2.45, 2.75) is 31.7 Å². The molecule has 0 aromatic carbocycles. The van der Waals surface area contributed by atoms with Gasteiger partial charge < -0.3 is 10.4 Å². The normalized spacial score (nSPS) is 35.4. The summed E-state index contributed by atoms with van der Waals surface area (Å²) in [6.07, 6.45) is 7.94. The molecule has 5 heteroatoms. The molecule has 3 aliphatic carbocycles. The second kappa shape index (κ2) is 5.23. The molecule has 2 bridgehead atoms. The fraction of sp³-hybridized carbons (Fsp3) is 0.529. The molecule has 1 fully saturated rings. The van der Waals surface area contributed by atoms with E-state index >= 15 is 0 Å². The summed E-state index contributed by atoms with van der Waals surface area (Å²) in [4.78, 5) is 25.6. The zero-order valence-corrected chi connectivity index (χ0v) is 13.0. The molecule has 1 saturated carbocycles. The summed E-state index contributed by atoms with van der Waals surface area (Å²) >= 11 is 1.75. The monoisotopic (exact) mass is 317 g/mol. The van der Waals surface area contributed by atoms with Crippen LogP contribution < -0.4 is 5.32 Å². The zero-order chi connectivity index (χ0) is 15.3. The zero-order valence-electron chi connectivity index (χ0n) is 12.2. The van der Waals surface area contributed by atoms with E-state index in [2.05, 4.69) is 16.8 Å². The Morgan fingerprint density at radius 3 is 2.77 bits per heavy atom. The predicted molar refractivity (Wildman–Crippen MR) is 83.5 cm³/mol. The lowest BCUT2D eigenvalue weighted by molar-refractivity contribution is -0.148. The van der Waals surface area contributed by atoms with E-state index in [1.807, 2.05) is 12.2 Å². The molecule has 1 heterocycles. The molecule has 4 rings (SSSR count). The number of carbonyl (C=O) groups excluding carboxylic acids is 1. The van der Waals surface area contributed by atoms with E-state index in [-0.39, 0.29) is 23.8 Å². The van der Waals surface area contributed by atoms with Gasteiger partial charge in [-0.05, 0) is 54.5 Å². The van der Waals surface area contributed by atoms with Gasteiger partial charge >= 0.3 is 5.97 Å². The Hall–Kier alpha value is -1.62. The van der Waals surface area contributed by atoms with Gasteiger partial charge in [-0.2, -0.15) is 0 Å². The number of hydrogen-bond acceptors (Lipinski definition) is 3. The number of rotatable bonds is 3. The summed E-state index contributed by atoms with van der Waals surface area (Å²) in [6.45, 7) is 0. The van der Waals surface area contributed by atoms with Gasteiger partial charge in [-0.1, -0.05) is 12.2 Å². The molecule has 1 amide bonds. The second-order valence-corrected chi connectivity index (χ2v) is 7.59. The predicted octanol–water partition coefficient (Wildman–Crippen LogP) is 2.76. The van der Waals surface area contributed by atoms with Crippen LogP contribution >= 0.6 is 11.3 Å². The molecule has 1 aromatic heterocycles. The number of allylic oxidation sites excluding steroid dienone is 2. The van der Waals surface area contributed by atoms with Gasteiger partial charge in [-0.15, -0.1) is 11.3 Å². The van der Waals surface area contributed by atoms with Crippen LogP contribution in [0.3, 0.4) is 0 Å². The third-order valence-corrected chi connectivity index (χ3v) is 6.41. The molecule has 0 aliphatic heterocycles. The fourth-order valence-electron chi connectivity index (χ4n) is 4.42. The fourth-order valence-corrected chi connectivity index (χ4v) is 5.41. The van der Waals surface area contributed by atoms with Gasteiger partial charge in [0.2, 0.25) is 5.91 Å². The van der Waals surface area contributed by atoms with Crippen molar-refractivity contribution in [2.75, 3.05) is 0 Å². The number of carboxylic acid groups (broad SMARTS) is 1. The van der Waals surface area contributed by atoms with Gasteiger partial charge in [-0.3, -0.25) is 9.59 Å². The molecular weight excluding hydrogens is 298 g/mol. The van der Waals surface area contributed by atoms with Crippen molar-refractivity contribution in [3.05, 3.63) is 34.0 Å². The van der Waals surface area contributed by atoms with E-state index in [4.69, 9.17) is 0 Å². The van der Waals surface area contributed by atoms with E-state index < -0.39 is 17.8 Å². The highest BCUT2D eigenvalue weighted by molar-refractivity contribution is 7.10. The second-order valence-electron chi connectivity index (χ2n) is 6.59. The largest absolute Gasteiger partial charge is 0.481 e. The molecule has 5 atom stereocenters. The summed E-state index contributed by atoms with van der Waals surface area (Å²) in [5.41, 5.74) is 1.23. The van der Waals surface area contributed by atoms with Crippen molar-refractivity contribution < 1.29 is 14.7 Å². The molecule has 116 valence electrons. The van der Waals surface area contributed by atoms with Gasteiger partial charge in [0.05, 0.1) is 17.9 Å². The third kappa shape index (κ3) is 2.10. The maximum Gasteiger partial charge on any atom is 0.307 e. The first kappa shape index (κ1) is 14.0. The average molecular weight is 317 g/mol. The Kier molecular flexibility index (Phi) is 3.33. The first-order chi connectivity index (χ1) is 10.6. The van der Waals surface area contributed by atoms with E-state index in [1.54, 1.807) is 11.3 Å². The van der Waals surface area contributed by atoms with Crippen LogP contribution in [0.25, 0.3) is 0 Å². The lowest BCUT2D eigenvalue weighted by Crippen LogP contribution is -2.42. The molecule has 3 aliphatic rings. The number of nitrogens with one attached hydrogen (secondary N) is 1. The number of aryl methyl sites for hydroxylation is 1. The van der Waals surface area contributed by atoms with Crippen LogP contribution in [0.2, 0.25) is 0 Å². The number of carboxylic acids is 1. The minimum atomic E-state index is -0.836. The molecule has 0 spiro atoms. The quantitative estimate of drug-likeness (QED) is 0.843. The SMILES string of the molecule is O=C(O)C1C2C=CC(C2)C1C(=O)NC1CCCc2sccc21. The minimum Gasteiger partial charge on any atom is -0.481 e. The van der Waals surface area contributed by atoms with Crippen LogP contribution in [0, 0.1) is 23.7 Å². The van der Waals surface area contributed by atoms with Crippen molar-refractivity contribution in [1.29, 1.82) is 0 Å². The first-order valence-corrected chi connectivity index (χ1v) is 8.81. The van der Waals surface area contributed by atoms with E-state index in [9.17, 15) is 14.7 Å². The molecule has 4 nitrogen and oxygen atoms in total. The molecule has 22 heavy (non-hydrogen) atoms. The summed E-state index contributed by atoms with van der Waals surface area (Å²) in [7, 11) is 0. The maximum atomic E-state index is 12.7. The Morgan fingerprint density at radius 1 is 1.23 bits per heavy atom. The van der Waals surface area contributed by atoms with Crippen molar-refractivity contribution in [3.8, 4) is 0 Å². The average Bonchev–Trinajstić information content (AvgIpc) is 3.21. The topological polar surface area (TPSA) is 66.4 Å². The summed E-state index contributed by atoms with van der Waals surface area (Å²) in [6, 6.07) is 2.15. The van der Waals surface area contributed by atoms with Crippen LogP contribution in [-0.2, 0) is 16.0 Å². The van der Waals surface area contributed by atoms with Crippen LogP contribution in [-0.4, -0.2) is 17.0 Å². The summed E-state index contributed by atoms with van der Waals surface area (Å²) in [5.74, 6) is -1.75. The van der Waals surface area contributed by atoms with Gasteiger partial charge in [0.1, 0.15) is 0 Å². The Morgan fingerprint density at radius 2 is 2.00 bits per heavy atom. The minimum absolute atomic E-state index is 0.0290. The molecule has 5 unspecified atom stereocenters. The number of hydrogen-bond donors (Lipinski definition) is 2.